The molecule has 1 heterocycles. The molecule has 0 saturated carbocycles. The topological polar surface area (TPSA) is 62.6 Å². The van der Waals surface area contributed by atoms with Crippen LogP contribution in [0.15, 0.2) is 80.7 Å². The summed E-state index contributed by atoms with van der Waals surface area (Å²) in [6, 6.07) is 18.7. The first kappa shape index (κ1) is 29.6. The Balaban J connectivity index is 1.81. The van der Waals surface area contributed by atoms with E-state index in [2.05, 4.69) is 55.5 Å². The number of hydrogen-bond donors (Lipinski definition) is 0. The zero-order valence-electron chi connectivity index (χ0n) is 21.6. The summed E-state index contributed by atoms with van der Waals surface area (Å²) in [4.78, 5) is 15.6. The minimum atomic E-state index is -3.82. The number of halogens is 2. The van der Waals surface area contributed by atoms with Gasteiger partial charge in [-0.05, 0) is 66.4 Å². The van der Waals surface area contributed by atoms with Gasteiger partial charge in [-0.15, -0.1) is 0 Å². The molecule has 0 aliphatic rings. The number of amides is 1. The highest BCUT2D eigenvalue weighted by Gasteiger charge is 2.29. The molecule has 0 bridgehead atoms. The zero-order chi connectivity index (χ0) is 27.0. The first-order valence-corrected chi connectivity index (χ1v) is 15.5. The van der Waals surface area contributed by atoms with E-state index in [-0.39, 0.29) is 29.8 Å². The molecule has 3 rings (SSSR count). The van der Waals surface area contributed by atoms with Gasteiger partial charge in [0.15, 0.2) is 0 Å². The van der Waals surface area contributed by atoms with Crippen LogP contribution in [0, 0.1) is 5.92 Å². The van der Waals surface area contributed by atoms with Crippen molar-refractivity contribution in [2.75, 3.05) is 19.6 Å². The maximum absolute atomic E-state index is 13.6. The first-order chi connectivity index (χ1) is 17.6. The van der Waals surface area contributed by atoms with Gasteiger partial charge in [0.25, 0.3) is 0 Å². The van der Waals surface area contributed by atoms with Gasteiger partial charge in [-0.25, -0.2) is 8.42 Å². The number of sulfonamides is 1. The van der Waals surface area contributed by atoms with Gasteiger partial charge in [-0.1, -0.05) is 71.2 Å². The Hall–Kier alpha value is -1.94. The predicted molar refractivity (Wildman–Crippen MR) is 156 cm³/mol. The van der Waals surface area contributed by atoms with Gasteiger partial charge < -0.3 is 9.47 Å². The highest BCUT2D eigenvalue weighted by Crippen LogP contribution is 2.21. The van der Waals surface area contributed by atoms with E-state index < -0.39 is 10.0 Å². The van der Waals surface area contributed by atoms with E-state index in [1.165, 1.54) is 4.31 Å². The van der Waals surface area contributed by atoms with Crippen LogP contribution in [0.5, 0.6) is 0 Å². The van der Waals surface area contributed by atoms with Gasteiger partial charge in [0.1, 0.15) is 0 Å². The maximum atomic E-state index is 13.6. The molecule has 0 N–H and O–H groups in total. The lowest BCUT2D eigenvalue weighted by Gasteiger charge is -2.28. The summed E-state index contributed by atoms with van der Waals surface area (Å²) >= 11 is 6.83. The average Bonchev–Trinajstić information content (AvgIpc) is 3.29. The lowest BCUT2D eigenvalue weighted by molar-refractivity contribution is -0.132. The molecule has 9 heteroatoms. The van der Waals surface area contributed by atoms with Crippen LogP contribution in [0.4, 0.5) is 0 Å². The number of aromatic nitrogens is 1. The fourth-order valence-corrected chi connectivity index (χ4v) is 6.11. The third-order valence-electron chi connectivity index (χ3n) is 6.01. The van der Waals surface area contributed by atoms with Gasteiger partial charge in [0, 0.05) is 40.5 Å². The fraction of sp³-hybridized carbons (Fsp3) is 0.393. The molecule has 0 radical (unpaired) electrons. The fourth-order valence-electron chi connectivity index (χ4n) is 4.03. The molecule has 0 saturated heterocycles. The Morgan fingerprint density at radius 2 is 1.59 bits per heavy atom. The van der Waals surface area contributed by atoms with Crippen molar-refractivity contribution in [2.45, 2.75) is 51.6 Å². The molecule has 0 unspecified atom stereocenters. The summed E-state index contributed by atoms with van der Waals surface area (Å²) in [5.41, 5.74) is 2.18. The summed E-state index contributed by atoms with van der Waals surface area (Å²) < 4.78 is 32.3. The van der Waals surface area contributed by atoms with Crippen molar-refractivity contribution in [3.05, 3.63) is 87.1 Å². The number of carbonyl (C=O) groups is 1. The van der Waals surface area contributed by atoms with E-state index in [0.29, 0.717) is 19.6 Å². The van der Waals surface area contributed by atoms with Gasteiger partial charge in [-0.3, -0.25) is 4.79 Å². The van der Waals surface area contributed by atoms with Crippen molar-refractivity contribution in [3.63, 3.8) is 0 Å². The zero-order valence-corrected chi connectivity index (χ0v) is 25.6. The van der Waals surface area contributed by atoms with Crippen LogP contribution in [-0.4, -0.2) is 47.7 Å². The highest BCUT2D eigenvalue weighted by atomic mass is 79.9. The van der Waals surface area contributed by atoms with Crippen LogP contribution in [0.3, 0.4) is 0 Å². The molecular formula is C28H35Br2N3O3S. The smallest absolute Gasteiger partial charge is 0.243 e. The molecule has 6 nitrogen and oxygen atoms in total. The van der Waals surface area contributed by atoms with E-state index in [1.54, 1.807) is 29.2 Å². The van der Waals surface area contributed by atoms with Crippen molar-refractivity contribution >= 4 is 47.8 Å². The molecule has 37 heavy (non-hydrogen) atoms. The molecule has 1 amide bonds. The molecule has 2 aromatic carbocycles. The molecule has 1 aromatic heterocycles. The lowest BCUT2D eigenvalue weighted by Crippen LogP contribution is -2.44. The first-order valence-electron chi connectivity index (χ1n) is 12.5. The Labute approximate surface area is 238 Å². The maximum Gasteiger partial charge on any atom is 0.243 e. The normalized spacial score (nSPS) is 11.9. The Kier molecular flexibility index (Phi) is 11.0. The number of nitrogens with zero attached hydrogens (tertiary/aromatic N) is 3. The minimum Gasteiger partial charge on any atom is -0.345 e. The Morgan fingerprint density at radius 3 is 2.19 bits per heavy atom. The monoisotopic (exact) mass is 651 g/mol. The van der Waals surface area contributed by atoms with Crippen LogP contribution < -0.4 is 0 Å². The van der Waals surface area contributed by atoms with E-state index >= 15 is 0 Å². The molecule has 0 spiro atoms. The largest absolute Gasteiger partial charge is 0.345 e. The van der Waals surface area contributed by atoms with Crippen LogP contribution in [0.25, 0.3) is 0 Å². The van der Waals surface area contributed by atoms with E-state index in [1.807, 2.05) is 44.3 Å². The van der Waals surface area contributed by atoms with Crippen LogP contribution in [-0.2, 0) is 27.9 Å². The van der Waals surface area contributed by atoms with Crippen LogP contribution >= 0.6 is 31.9 Å². The van der Waals surface area contributed by atoms with E-state index in [0.717, 1.165) is 33.0 Å². The number of hydrogen-bond acceptors (Lipinski definition) is 3. The molecule has 0 atom stereocenters. The second-order valence-electron chi connectivity index (χ2n) is 9.57. The quantitative estimate of drug-likeness (QED) is 0.211. The minimum absolute atomic E-state index is 0.0743. The van der Waals surface area contributed by atoms with Gasteiger partial charge in [-0.2, -0.15) is 4.31 Å². The third kappa shape index (κ3) is 8.53. The van der Waals surface area contributed by atoms with E-state index in [4.69, 9.17) is 0 Å². The predicted octanol–water partition coefficient (Wildman–Crippen LogP) is 6.54. The molecular weight excluding hydrogens is 618 g/mol. The van der Waals surface area contributed by atoms with E-state index in [9.17, 15) is 13.2 Å². The molecule has 0 aliphatic carbocycles. The summed E-state index contributed by atoms with van der Waals surface area (Å²) in [7, 11) is -3.82. The van der Waals surface area contributed by atoms with Crippen molar-refractivity contribution in [1.29, 1.82) is 0 Å². The van der Waals surface area contributed by atoms with Crippen molar-refractivity contribution in [1.82, 2.24) is 13.8 Å². The van der Waals surface area contributed by atoms with Gasteiger partial charge in [0.2, 0.25) is 15.9 Å². The number of benzene rings is 2. The van der Waals surface area contributed by atoms with Gasteiger partial charge >= 0.3 is 0 Å². The van der Waals surface area contributed by atoms with Crippen molar-refractivity contribution in [3.8, 4) is 0 Å². The summed E-state index contributed by atoms with van der Waals surface area (Å²) in [6.07, 6.45) is 3.81. The van der Waals surface area contributed by atoms with Crippen molar-refractivity contribution < 1.29 is 13.2 Å². The van der Waals surface area contributed by atoms with Crippen molar-refractivity contribution in [2.24, 2.45) is 5.92 Å². The standard InChI is InChI=1S/C28H35Br2N3O3S/c1-4-5-16-32(20-26-7-6-17-31(26)19-23-8-10-24(29)11-9-23)28(34)21-33(18-22(2)3)37(35,36)27-14-12-25(30)13-15-27/h6-15,17,22H,4-5,16,18-21H2,1-3H3. The SMILES string of the molecule is CCCCN(Cc1cccn1Cc1ccc(Br)cc1)C(=O)CN(CC(C)C)S(=O)(=O)c1ccc(Br)cc1. The van der Waals surface area contributed by atoms with Crippen LogP contribution in [0.2, 0.25) is 0 Å². The summed E-state index contributed by atoms with van der Waals surface area (Å²) in [5, 5.41) is 0. The molecule has 0 aliphatic heterocycles. The Bertz CT molecular complexity index is 1260. The second kappa shape index (κ2) is 13.7. The molecule has 200 valence electrons. The number of unbranched alkanes of at least 4 members (excludes halogenated alkanes) is 1. The Morgan fingerprint density at radius 1 is 0.973 bits per heavy atom. The molecule has 0 fully saturated rings. The summed E-state index contributed by atoms with van der Waals surface area (Å²) in [6.45, 7) is 7.78. The van der Waals surface area contributed by atoms with Gasteiger partial charge in [0.05, 0.1) is 18.0 Å². The molecule has 3 aromatic rings. The number of carbonyl (C=O) groups excluding carboxylic acids is 1. The number of rotatable bonds is 13. The van der Waals surface area contributed by atoms with Crippen LogP contribution in [0.1, 0.15) is 44.9 Å². The average molecular weight is 653 g/mol. The lowest BCUT2D eigenvalue weighted by atomic mass is 10.2. The second-order valence-corrected chi connectivity index (χ2v) is 13.3. The highest BCUT2D eigenvalue weighted by molar-refractivity contribution is 9.10. The third-order valence-corrected chi connectivity index (χ3v) is 8.89. The summed E-state index contributed by atoms with van der Waals surface area (Å²) in [5.74, 6) is -0.114.